The van der Waals surface area contributed by atoms with E-state index in [-0.39, 0.29) is 6.04 Å². The van der Waals surface area contributed by atoms with Gasteiger partial charge in [0.1, 0.15) is 5.82 Å². The fourth-order valence-corrected chi connectivity index (χ4v) is 3.46. The van der Waals surface area contributed by atoms with E-state index in [0.717, 1.165) is 22.4 Å². The number of hydrogen-bond acceptors (Lipinski definition) is 5. The molecule has 26 heavy (non-hydrogen) atoms. The van der Waals surface area contributed by atoms with E-state index in [1.54, 1.807) is 6.20 Å². The van der Waals surface area contributed by atoms with Crippen LogP contribution in [0.3, 0.4) is 0 Å². The Bertz CT molecular complexity index is 969. The molecule has 0 bridgehead atoms. The Morgan fingerprint density at radius 2 is 2.08 bits per heavy atom. The van der Waals surface area contributed by atoms with Crippen molar-refractivity contribution in [2.75, 3.05) is 30.3 Å². The lowest BCUT2D eigenvalue weighted by molar-refractivity contribution is 0.136. The number of pyridine rings is 1. The Hall–Kier alpha value is -3.29. The van der Waals surface area contributed by atoms with E-state index in [0.29, 0.717) is 25.5 Å². The molecule has 4 rings (SSSR count). The molecule has 1 saturated heterocycles. The minimum Gasteiger partial charge on any atom is -0.465 e. The zero-order chi connectivity index (χ0) is 18.3. The number of carboxylic acid groups (broad SMARTS) is 1. The summed E-state index contributed by atoms with van der Waals surface area (Å²) in [6.07, 6.45) is 0.866. The topological polar surface area (TPSA) is 101 Å². The van der Waals surface area contributed by atoms with E-state index >= 15 is 0 Å². The molecule has 1 fully saturated rings. The lowest BCUT2D eigenvalue weighted by atomic mass is 10.2. The number of benzene rings is 1. The van der Waals surface area contributed by atoms with Crippen molar-refractivity contribution >= 4 is 28.6 Å². The van der Waals surface area contributed by atoms with Crippen LogP contribution in [0.25, 0.3) is 16.6 Å². The molecule has 3 N–H and O–H groups in total. The first-order valence-corrected chi connectivity index (χ1v) is 8.49. The summed E-state index contributed by atoms with van der Waals surface area (Å²) in [4.78, 5) is 19.2. The molecule has 3 heterocycles. The molecule has 1 aliphatic heterocycles. The van der Waals surface area contributed by atoms with E-state index < -0.39 is 6.09 Å². The van der Waals surface area contributed by atoms with Crippen LogP contribution in [0, 0.1) is 0 Å². The first-order chi connectivity index (χ1) is 12.5. The van der Waals surface area contributed by atoms with Crippen LogP contribution in [0.4, 0.5) is 16.4 Å². The van der Waals surface area contributed by atoms with Gasteiger partial charge in [-0.15, -0.1) is 5.10 Å². The monoisotopic (exact) mass is 352 g/mol. The number of nitrogen functional groups attached to an aromatic ring is 1. The molecule has 8 heteroatoms. The lowest BCUT2D eigenvalue weighted by Crippen LogP contribution is -2.53. The minimum absolute atomic E-state index is 0.0436. The number of nitrogens with zero attached hydrogens (tertiary/aromatic N) is 5. The Balaban J connectivity index is 1.68. The van der Waals surface area contributed by atoms with Crippen LogP contribution in [0.1, 0.15) is 6.92 Å². The highest BCUT2D eigenvalue weighted by Crippen LogP contribution is 2.26. The molecular weight excluding hydrogens is 332 g/mol. The van der Waals surface area contributed by atoms with Gasteiger partial charge in [0, 0.05) is 43.3 Å². The molecule has 134 valence electrons. The number of para-hydroxylation sites is 1. The number of carbonyl (C=O) groups is 1. The third-order valence-corrected chi connectivity index (χ3v) is 4.78. The summed E-state index contributed by atoms with van der Waals surface area (Å²) in [5, 5.41) is 14.6. The van der Waals surface area contributed by atoms with Gasteiger partial charge in [0.05, 0.1) is 11.2 Å². The van der Waals surface area contributed by atoms with Gasteiger partial charge in [0.25, 0.3) is 0 Å². The summed E-state index contributed by atoms with van der Waals surface area (Å²) < 4.78 is 1.81. The molecule has 1 aliphatic rings. The molecule has 3 aromatic rings. The number of nitrogens with two attached hydrogens (primary N) is 1. The van der Waals surface area contributed by atoms with Gasteiger partial charge in [0.2, 0.25) is 0 Å². The minimum atomic E-state index is -0.878. The Labute approximate surface area is 150 Å². The van der Waals surface area contributed by atoms with Crippen molar-refractivity contribution in [3.63, 3.8) is 0 Å². The summed E-state index contributed by atoms with van der Waals surface area (Å²) in [5.74, 6) is 1.29. The number of rotatable bonds is 2. The van der Waals surface area contributed by atoms with Gasteiger partial charge in [0.15, 0.2) is 5.82 Å². The highest BCUT2D eigenvalue weighted by Gasteiger charge is 2.27. The molecule has 0 spiro atoms. The third-order valence-electron chi connectivity index (χ3n) is 4.78. The van der Waals surface area contributed by atoms with E-state index in [1.165, 1.54) is 4.90 Å². The van der Waals surface area contributed by atoms with Crippen molar-refractivity contribution in [2.24, 2.45) is 0 Å². The number of aromatic nitrogens is 3. The number of anilines is 2. The van der Waals surface area contributed by atoms with Crippen molar-refractivity contribution < 1.29 is 9.90 Å². The Morgan fingerprint density at radius 3 is 2.85 bits per heavy atom. The third kappa shape index (κ3) is 2.69. The van der Waals surface area contributed by atoms with Crippen molar-refractivity contribution in [3.8, 4) is 5.69 Å². The van der Waals surface area contributed by atoms with Gasteiger partial charge >= 0.3 is 6.09 Å². The summed E-state index contributed by atoms with van der Waals surface area (Å²) in [6, 6.07) is 11.7. The second-order valence-electron chi connectivity index (χ2n) is 6.46. The Morgan fingerprint density at radius 1 is 1.27 bits per heavy atom. The van der Waals surface area contributed by atoms with Gasteiger partial charge in [-0.3, -0.25) is 0 Å². The molecule has 1 atom stereocenters. The second-order valence-corrected chi connectivity index (χ2v) is 6.46. The van der Waals surface area contributed by atoms with Crippen LogP contribution >= 0.6 is 0 Å². The summed E-state index contributed by atoms with van der Waals surface area (Å²) >= 11 is 0. The van der Waals surface area contributed by atoms with Crippen LogP contribution in [0.2, 0.25) is 0 Å². The molecule has 0 aliphatic carbocycles. The molecular formula is C18H20N6O2. The maximum absolute atomic E-state index is 11.2. The van der Waals surface area contributed by atoms with Crippen LogP contribution in [0.5, 0.6) is 0 Å². The highest BCUT2D eigenvalue weighted by molar-refractivity contribution is 5.90. The van der Waals surface area contributed by atoms with E-state index in [9.17, 15) is 9.90 Å². The van der Waals surface area contributed by atoms with Crippen molar-refractivity contribution in [1.82, 2.24) is 19.7 Å². The summed E-state index contributed by atoms with van der Waals surface area (Å²) in [6.45, 7) is 3.53. The Kier molecular flexibility index (Phi) is 3.87. The van der Waals surface area contributed by atoms with E-state index in [1.807, 2.05) is 48.0 Å². The maximum Gasteiger partial charge on any atom is 0.407 e. The molecule has 1 aromatic carbocycles. The average Bonchev–Trinajstić information content (AvgIpc) is 2.99. The molecule has 0 unspecified atom stereocenters. The molecule has 2 aromatic heterocycles. The fraction of sp³-hybridized carbons (Fsp3) is 0.278. The number of fused-ring (bicyclic) bond motifs is 1. The van der Waals surface area contributed by atoms with Gasteiger partial charge in [-0.1, -0.05) is 12.1 Å². The van der Waals surface area contributed by atoms with Gasteiger partial charge < -0.3 is 20.6 Å². The normalized spacial score (nSPS) is 17.7. The maximum atomic E-state index is 11.2. The van der Waals surface area contributed by atoms with Crippen LogP contribution in [-0.4, -0.2) is 56.5 Å². The van der Waals surface area contributed by atoms with Crippen LogP contribution < -0.4 is 10.6 Å². The first-order valence-electron chi connectivity index (χ1n) is 8.49. The predicted molar refractivity (Wildman–Crippen MR) is 99.7 cm³/mol. The van der Waals surface area contributed by atoms with E-state index in [2.05, 4.69) is 15.0 Å². The van der Waals surface area contributed by atoms with Crippen LogP contribution in [0.15, 0.2) is 42.6 Å². The highest BCUT2D eigenvalue weighted by atomic mass is 16.4. The van der Waals surface area contributed by atoms with Gasteiger partial charge in [-0.25, -0.2) is 14.5 Å². The van der Waals surface area contributed by atoms with Gasteiger partial charge in [-0.2, -0.15) is 0 Å². The SMILES string of the molecule is C[C@H]1CN(C(=O)O)CCN1c1cc(-n2nc(N)c3ccccc32)ccn1. The second kappa shape index (κ2) is 6.21. The van der Waals surface area contributed by atoms with Crippen molar-refractivity contribution in [1.29, 1.82) is 0 Å². The fourth-order valence-electron chi connectivity index (χ4n) is 3.46. The summed E-state index contributed by atoms with van der Waals surface area (Å²) in [5.41, 5.74) is 7.85. The molecule has 0 saturated carbocycles. The van der Waals surface area contributed by atoms with E-state index in [4.69, 9.17) is 5.73 Å². The number of hydrogen-bond donors (Lipinski definition) is 2. The lowest BCUT2D eigenvalue weighted by Gasteiger charge is -2.39. The summed E-state index contributed by atoms with van der Waals surface area (Å²) in [7, 11) is 0. The molecule has 8 nitrogen and oxygen atoms in total. The smallest absolute Gasteiger partial charge is 0.407 e. The number of amides is 1. The predicted octanol–water partition coefficient (Wildman–Crippen LogP) is 2.19. The largest absolute Gasteiger partial charge is 0.465 e. The standard InChI is InChI=1S/C18H20N6O2/c1-12-11-22(18(25)26)8-9-23(12)16-10-13(6-7-20-16)24-15-5-3-2-4-14(15)17(19)21-24/h2-7,10,12H,8-9,11H2,1H3,(H2,19,21)(H,25,26)/t12-/m0/s1. The van der Waals surface area contributed by atoms with Crippen LogP contribution in [-0.2, 0) is 0 Å². The average molecular weight is 352 g/mol. The quantitative estimate of drug-likeness (QED) is 0.733. The number of piperazine rings is 1. The van der Waals surface area contributed by atoms with Crippen molar-refractivity contribution in [2.45, 2.75) is 13.0 Å². The first kappa shape index (κ1) is 16.2. The zero-order valence-corrected chi connectivity index (χ0v) is 14.4. The van der Waals surface area contributed by atoms with Crippen molar-refractivity contribution in [3.05, 3.63) is 42.6 Å². The zero-order valence-electron chi connectivity index (χ0n) is 14.4. The van der Waals surface area contributed by atoms with Gasteiger partial charge in [-0.05, 0) is 25.1 Å². The molecule has 0 radical (unpaired) electrons. The molecule has 1 amide bonds.